The summed E-state index contributed by atoms with van der Waals surface area (Å²) in [5.41, 5.74) is 1.46. The van der Waals surface area contributed by atoms with Gasteiger partial charge in [0.1, 0.15) is 0 Å². The third-order valence-corrected chi connectivity index (χ3v) is 6.87. The Hall–Kier alpha value is -1.67. The molecule has 2 N–H and O–H groups in total. The number of benzene rings is 1. The number of hydrogen-bond donors (Lipinski definition) is 2. The van der Waals surface area contributed by atoms with Gasteiger partial charge in [-0.15, -0.1) is 4.72 Å². The largest absolute Gasteiger partial charge is 0.593 e. The van der Waals surface area contributed by atoms with Gasteiger partial charge in [-0.3, -0.25) is 4.90 Å². The summed E-state index contributed by atoms with van der Waals surface area (Å²) in [6, 6.07) is 11.3. The van der Waals surface area contributed by atoms with Gasteiger partial charge in [0, 0.05) is 38.6 Å². The summed E-state index contributed by atoms with van der Waals surface area (Å²) in [6.45, 7) is 3.13. The van der Waals surface area contributed by atoms with E-state index in [1.807, 2.05) is 31.4 Å². The first-order valence-electron chi connectivity index (χ1n) is 8.67. The summed E-state index contributed by atoms with van der Waals surface area (Å²) in [4.78, 5) is 2.69. The number of aromatic nitrogens is 1. The molecule has 2 aliphatic heterocycles. The predicted octanol–water partition coefficient (Wildman–Crippen LogP) is 1.98. The lowest BCUT2D eigenvalue weighted by Crippen LogP contribution is -2.62. The molecule has 134 valence electrons. The molecule has 1 saturated heterocycles. The SMILES string of the molecule is Cn1cccc1CN1CCCC2(CNc3ccccc3[S+](=O)([O-])N2)C1. The molecule has 1 aromatic carbocycles. The second kappa shape index (κ2) is 6.25. The van der Waals surface area contributed by atoms with Crippen LogP contribution < -0.4 is 10.0 Å². The Bertz CT molecular complexity index is 821. The van der Waals surface area contributed by atoms with Crippen molar-refractivity contribution < 1.29 is 8.76 Å². The third kappa shape index (κ3) is 3.25. The van der Waals surface area contributed by atoms with E-state index in [-0.39, 0.29) is 0 Å². The Morgan fingerprint density at radius 1 is 1.28 bits per heavy atom. The van der Waals surface area contributed by atoms with E-state index >= 15 is 0 Å². The van der Waals surface area contributed by atoms with Crippen LogP contribution >= 0.6 is 0 Å². The van der Waals surface area contributed by atoms with E-state index in [9.17, 15) is 8.76 Å². The number of rotatable bonds is 2. The zero-order valence-electron chi connectivity index (χ0n) is 14.4. The summed E-state index contributed by atoms with van der Waals surface area (Å²) >= 11 is 0. The van der Waals surface area contributed by atoms with Crippen LogP contribution in [0.1, 0.15) is 18.5 Å². The highest BCUT2D eigenvalue weighted by Crippen LogP contribution is 2.33. The van der Waals surface area contributed by atoms with Gasteiger partial charge in [-0.05, 0) is 43.7 Å². The first-order valence-corrected chi connectivity index (χ1v) is 10.2. The Morgan fingerprint density at radius 2 is 2.12 bits per heavy atom. The molecule has 0 amide bonds. The molecule has 0 aliphatic carbocycles. The highest BCUT2D eigenvalue weighted by molar-refractivity contribution is 7.96. The molecule has 6 nitrogen and oxygen atoms in total. The van der Waals surface area contributed by atoms with Crippen LogP contribution in [0.4, 0.5) is 5.69 Å². The molecule has 1 fully saturated rings. The molecule has 2 atom stereocenters. The lowest BCUT2D eigenvalue weighted by molar-refractivity contribution is 0.135. The second-order valence-electron chi connectivity index (χ2n) is 7.16. The molecule has 2 aromatic rings. The molecule has 0 radical (unpaired) electrons. The number of likely N-dealkylation sites (tertiary alicyclic amines) is 1. The molecular formula is C18H24N4O2S. The van der Waals surface area contributed by atoms with Crippen LogP contribution in [0.5, 0.6) is 0 Å². The average molecular weight is 360 g/mol. The first kappa shape index (κ1) is 16.8. The molecule has 1 aromatic heterocycles. The fourth-order valence-corrected chi connectivity index (χ4v) is 5.57. The lowest BCUT2D eigenvalue weighted by atomic mass is 9.89. The van der Waals surface area contributed by atoms with Gasteiger partial charge in [0.05, 0.1) is 11.2 Å². The van der Waals surface area contributed by atoms with Crippen molar-refractivity contribution in [1.82, 2.24) is 14.2 Å². The number of para-hydroxylation sites is 1. The number of anilines is 1. The van der Waals surface area contributed by atoms with Crippen molar-refractivity contribution in [2.45, 2.75) is 29.8 Å². The van der Waals surface area contributed by atoms with Crippen LogP contribution in [0.25, 0.3) is 0 Å². The summed E-state index contributed by atoms with van der Waals surface area (Å²) in [6.07, 6.45) is 3.86. The number of hydrogen-bond acceptors (Lipinski definition) is 4. The van der Waals surface area contributed by atoms with Gasteiger partial charge in [0.15, 0.2) is 15.3 Å². The maximum Gasteiger partial charge on any atom is 0.198 e. The molecule has 1 spiro atoms. The van der Waals surface area contributed by atoms with Crippen molar-refractivity contribution in [3.63, 3.8) is 0 Å². The van der Waals surface area contributed by atoms with Gasteiger partial charge in [-0.1, -0.05) is 16.3 Å². The number of piperidine rings is 1. The molecule has 0 saturated carbocycles. The predicted molar refractivity (Wildman–Crippen MR) is 97.8 cm³/mol. The maximum absolute atomic E-state index is 12.9. The van der Waals surface area contributed by atoms with Gasteiger partial charge >= 0.3 is 0 Å². The van der Waals surface area contributed by atoms with Crippen LogP contribution in [-0.2, 0) is 28.2 Å². The van der Waals surface area contributed by atoms with E-state index in [4.69, 9.17) is 0 Å². The van der Waals surface area contributed by atoms with Gasteiger partial charge in [-0.25, -0.2) is 0 Å². The van der Waals surface area contributed by atoms with E-state index in [2.05, 4.69) is 25.6 Å². The van der Waals surface area contributed by atoms with Gasteiger partial charge in [-0.2, -0.15) is 0 Å². The monoisotopic (exact) mass is 360 g/mol. The van der Waals surface area contributed by atoms with Crippen molar-refractivity contribution in [2.75, 3.05) is 25.0 Å². The highest BCUT2D eigenvalue weighted by atomic mass is 32.3. The van der Waals surface area contributed by atoms with Crippen LogP contribution in [-0.4, -0.2) is 39.2 Å². The van der Waals surface area contributed by atoms with E-state index in [1.165, 1.54) is 5.69 Å². The zero-order valence-corrected chi connectivity index (χ0v) is 15.2. The van der Waals surface area contributed by atoms with Crippen molar-refractivity contribution in [1.29, 1.82) is 0 Å². The maximum atomic E-state index is 12.9. The minimum atomic E-state index is -3.52. The van der Waals surface area contributed by atoms with E-state index < -0.39 is 15.9 Å². The van der Waals surface area contributed by atoms with Crippen LogP contribution in [0.3, 0.4) is 0 Å². The number of fused-ring (bicyclic) bond motifs is 1. The smallest absolute Gasteiger partial charge is 0.198 e. The van der Waals surface area contributed by atoms with Crippen molar-refractivity contribution in [3.05, 3.63) is 48.3 Å². The normalized spacial score (nSPS) is 29.8. The van der Waals surface area contributed by atoms with Crippen LogP contribution in [0, 0.1) is 0 Å². The van der Waals surface area contributed by atoms with E-state index in [0.717, 1.165) is 25.9 Å². The Kier molecular flexibility index (Phi) is 4.19. The molecular weight excluding hydrogens is 336 g/mol. The molecule has 4 rings (SSSR count). The standard InChI is InChI=1S/C18H24N4O2S/c1-21-10-4-6-15(21)12-22-11-5-9-18(14-22)13-19-16-7-2-3-8-17(16)25(23,24)20-18/h2-4,6-8,10,19H,5,9,11-14H2,1H3,(H-,20,23,24). The molecule has 25 heavy (non-hydrogen) atoms. The molecule has 2 aliphatic rings. The molecule has 7 heteroatoms. The number of nitrogens with one attached hydrogen (secondary N) is 2. The summed E-state index contributed by atoms with van der Waals surface area (Å²) < 4.78 is 30.9. The molecule has 2 unspecified atom stereocenters. The second-order valence-corrected chi connectivity index (χ2v) is 8.81. The van der Waals surface area contributed by atoms with Crippen LogP contribution in [0.2, 0.25) is 0 Å². The van der Waals surface area contributed by atoms with Gasteiger partial charge < -0.3 is 14.4 Å². The van der Waals surface area contributed by atoms with E-state index in [1.54, 1.807) is 12.1 Å². The first-order chi connectivity index (χ1) is 12.0. The average Bonchev–Trinajstić information content (AvgIpc) is 2.93. The molecule has 0 bridgehead atoms. The van der Waals surface area contributed by atoms with Crippen LogP contribution in [0.15, 0.2) is 47.5 Å². The lowest BCUT2D eigenvalue weighted by Gasteiger charge is -2.42. The minimum absolute atomic E-state index is 0.339. The van der Waals surface area contributed by atoms with Crippen molar-refractivity contribution in [2.24, 2.45) is 7.05 Å². The molecule has 3 heterocycles. The number of aryl methyl sites for hydroxylation is 1. The minimum Gasteiger partial charge on any atom is -0.593 e. The summed E-state index contributed by atoms with van der Waals surface area (Å²) in [5.74, 6) is 0. The highest BCUT2D eigenvalue weighted by Gasteiger charge is 2.44. The van der Waals surface area contributed by atoms with Gasteiger partial charge in [0.25, 0.3) is 0 Å². The zero-order chi connectivity index (χ0) is 17.5. The van der Waals surface area contributed by atoms with Gasteiger partial charge in [0.2, 0.25) is 0 Å². The Balaban J connectivity index is 1.57. The fourth-order valence-electron chi connectivity index (χ4n) is 3.97. The summed E-state index contributed by atoms with van der Waals surface area (Å²) in [5, 5.41) is 3.36. The third-order valence-electron chi connectivity index (χ3n) is 5.24. The van der Waals surface area contributed by atoms with E-state index in [0.29, 0.717) is 23.7 Å². The Labute approximate surface area is 149 Å². The summed E-state index contributed by atoms with van der Waals surface area (Å²) in [7, 11) is -1.48. The van der Waals surface area contributed by atoms with Crippen molar-refractivity contribution in [3.8, 4) is 0 Å². The number of nitrogens with zero attached hydrogens (tertiary/aromatic N) is 2. The quantitative estimate of drug-likeness (QED) is 0.804. The number of sulfonamides is 1. The topological polar surface area (TPSA) is 72.4 Å². The fraction of sp³-hybridized carbons (Fsp3) is 0.444. The van der Waals surface area contributed by atoms with Crippen molar-refractivity contribution >= 4 is 16.1 Å². The Morgan fingerprint density at radius 3 is 2.92 bits per heavy atom.